The molecule has 1 aliphatic heterocycles. The average molecular weight is 512 g/mol. The molecule has 0 bridgehead atoms. The van der Waals surface area contributed by atoms with Crippen LogP contribution < -0.4 is 10.1 Å². The minimum atomic E-state index is -0.656. The lowest BCUT2D eigenvalue weighted by Gasteiger charge is -2.44. The highest BCUT2D eigenvalue weighted by molar-refractivity contribution is 5.54. The molecule has 0 amide bonds. The molecule has 0 radical (unpaired) electrons. The summed E-state index contributed by atoms with van der Waals surface area (Å²) in [5, 5.41) is 3.52. The predicted molar refractivity (Wildman–Crippen MR) is 149 cm³/mol. The number of hydrogen-bond donors (Lipinski definition) is 1. The first-order valence-corrected chi connectivity index (χ1v) is 13.1. The van der Waals surface area contributed by atoms with Gasteiger partial charge in [-0.05, 0) is 67.3 Å². The summed E-state index contributed by atoms with van der Waals surface area (Å²) in [7, 11) is 0. The molecule has 196 valence electrons. The molecule has 0 aromatic heterocycles. The first-order chi connectivity index (χ1) is 18.5. The monoisotopic (exact) mass is 511 g/mol. The summed E-state index contributed by atoms with van der Waals surface area (Å²) in [6.07, 6.45) is 0.0270. The largest absolute Gasteiger partial charge is 0.485 e. The van der Waals surface area contributed by atoms with E-state index in [0.29, 0.717) is 13.2 Å². The molecule has 1 aliphatic rings. The van der Waals surface area contributed by atoms with Crippen LogP contribution in [0.5, 0.6) is 5.75 Å². The van der Waals surface area contributed by atoms with Crippen LogP contribution >= 0.6 is 0 Å². The zero-order valence-corrected chi connectivity index (χ0v) is 21.9. The Morgan fingerprint density at radius 1 is 0.789 bits per heavy atom. The van der Waals surface area contributed by atoms with Gasteiger partial charge in [0.2, 0.25) is 0 Å². The Balaban J connectivity index is 1.39. The third kappa shape index (κ3) is 6.42. The minimum absolute atomic E-state index is 0.259. The van der Waals surface area contributed by atoms with Crippen molar-refractivity contribution in [2.75, 3.05) is 11.9 Å². The second-order valence-electron chi connectivity index (χ2n) is 10.2. The predicted octanol–water partition coefficient (Wildman–Crippen LogP) is 7.49. The van der Waals surface area contributed by atoms with Gasteiger partial charge in [-0.25, -0.2) is 4.39 Å². The fraction of sp³-hybridized carbons (Fsp3) is 0.273. The van der Waals surface area contributed by atoms with Gasteiger partial charge in [0.1, 0.15) is 29.4 Å². The molecule has 4 aromatic carbocycles. The van der Waals surface area contributed by atoms with E-state index in [1.54, 1.807) is 6.07 Å². The molecule has 2 unspecified atom stereocenters. The van der Waals surface area contributed by atoms with Crippen LogP contribution in [0.1, 0.15) is 42.2 Å². The van der Waals surface area contributed by atoms with Gasteiger partial charge < -0.3 is 19.5 Å². The van der Waals surface area contributed by atoms with Gasteiger partial charge in [-0.1, -0.05) is 72.8 Å². The van der Waals surface area contributed by atoms with Crippen LogP contribution in [0.15, 0.2) is 103 Å². The Kier molecular flexibility index (Phi) is 8.06. The van der Waals surface area contributed by atoms with Crippen molar-refractivity contribution in [1.29, 1.82) is 0 Å². The molecule has 4 aromatic rings. The van der Waals surface area contributed by atoms with E-state index >= 15 is 0 Å². The smallest absolute Gasteiger partial charge is 0.132 e. The van der Waals surface area contributed by atoms with Gasteiger partial charge in [0.25, 0.3) is 0 Å². The summed E-state index contributed by atoms with van der Waals surface area (Å²) >= 11 is 0. The Hall–Kier alpha value is -3.67. The van der Waals surface area contributed by atoms with Gasteiger partial charge in [-0.2, -0.15) is 0 Å². The van der Waals surface area contributed by atoms with Gasteiger partial charge in [0, 0.05) is 17.8 Å². The van der Waals surface area contributed by atoms with Gasteiger partial charge in [-0.3, -0.25) is 0 Å². The zero-order valence-electron chi connectivity index (χ0n) is 21.9. The number of ether oxygens (including phenoxy) is 3. The van der Waals surface area contributed by atoms with Crippen molar-refractivity contribution < 1.29 is 18.6 Å². The van der Waals surface area contributed by atoms with Crippen molar-refractivity contribution in [1.82, 2.24) is 0 Å². The number of hydrogen-bond acceptors (Lipinski definition) is 4. The van der Waals surface area contributed by atoms with Crippen molar-refractivity contribution in [2.45, 2.75) is 51.2 Å². The molecule has 1 heterocycles. The van der Waals surface area contributed by atoms with Crippen LogP contribution in [-0.4, -0.2) is 18.3 Å². The summed E-state index contributed by atoms with van der Waals surface area (Å²) in [5.41, 5.74) is 4.46. The van der Waals surface area contributed by atoms with Crippen LogP contribution in [0.2, 0.25) is 0 Å². The molecule has 38 heavy (non-hydrogen) atoms. The second kappa shape index (κ2) is 11.8. The molecular formula is C33H34FNO3. The molecular weight excluding hydrogens is 477 g/mol. The van der Waals surface area contributed by atoms with Crippen LogP contribution in [-0.2, 0) is 29.0 Å². The summed E-state index contributed by atoms with van der Waals surface area (Å²) in [5.74, 6) is 0.510. The van der Waals surface area contributed by atoms with Gasteiger partial charge >= 0.3 is 0 Å². The zero-order chi connectivity index (χ0) is 26.4. The summed E-state index contributed by atoms with van der Waals surface area (Å²) in [4.78, 5) is 0. The van der Waals surface area contributed by atoms with Crippen molar-refractivity contribution >= 4 is 5.69 Å². The van der Waals surface area contributed by atoms with Crippen molar-refractivity contribution in [3.63, 3.8) is 0 Å². The van der Waals surface area contributed by atoms with Crippen LogP contribution in [0, 0.1) is 5.82 Å². The maximum atomic E-state index is 13.8. The van der Waals surface area contributed by atoms with E-state index in [2.05, 4.69) is 35.6 Å². The quantitative estimate of drug-likeness (QED) is 0.239. The maximum absolute atomic E-state index is 13.8. The molecule has 0 aliphatic carbocycles. The highest BCUT2D eigenvalue weighted by Crippen LogP contribution is 2.44. The topological polar surface area (TPSA) is 39.7 Å². The molecule has 4 nitrogen and oxygen atoms in total. The molecule has 5 rings (SSSR count). The van der Waals surface area contributed by atoms with Crippen LogP contribution in [0.3, 0.4) is 0 Å². The van der Waals surface area contributed by atoms with Gasteiger partial charge in [0.05, 0.1) is 13.2 Å². The van der Waals surface area contributed by atoms with E-state index in [0.717, 1.165) is 29.0 Å². The molecule has 0 saturated carbocycles. The lowest BCUT2D eigenvalue weighted by atomic mass is 9.87. The van der Waals surface area contributed by atoms with Gasteiger partial charge in [-0.15, -0.1) is 0 Å². The van der Waals surface area contributed by atoms with E-state index in [-0.39, 0.29) is 18.5 Å². The van der Waals surface area contributed by atoms with Gasteiger partial charge in [0.15, 0.2) is 0 Å². The van der Waals surface area contributed by atoms with E-state index < -0.39 is 11.7 Å². The second-order valence-corrected chi connectivity index (χ2v) is 10.2. The molecule has 0 fully saturated rings. The van der Waals surface area contributed by atoms with E-state index in [1.807, 2.05) is 68.4 Å². The van der Waals surface area contributed by atoms with E-state index in [4.69, 9.17) is 14.2 Å². The number of nitrogens with one attached hydrogen (secondary N) is 1. The Labute approximate surface area is 224 Å². The molecule has 2 atom stereocenters. The average Bonchev–Trinajstić information content (AvgIpc) is 2.92. The van der Waals surface area contributed by atoms with E-state index in [9.17, 15) is 4.39 Å². The normalized spacial score (nSPS) is 17.9. The fourth-order valence-electron chi connectivity index (χ4n) is 4.87. The highest BCUT2D eigenvalue weighted by Gasteiger charge is 2.45. The Morgan fingerprint density at radius 2 is 1.50 bits per heavy atom. The van der Waals surface area contributed by atoms with Crippen molar-refractivity contribution in [3.05, 3.63) is 131 Å². The van der Waals surface area contributed by atoms with Crippen molar-refractivity contribution in [2.24, 2.45) is 0 Å². The third-order valence-corrected chi connectivity index (χ3v) is 6.84. The van der Waals surface area contributed by atoms with Crippen LogP contribution in [0.25, 0.3) is 0 Å². The van der Waals surface area contributed by atoms with Crippen LogP contribution in [0.4, 0.5) is 10.1 Å². The number of benzene rings is 4. The standard InChI is InChI=1S/C33H34FNO3/c1-33(2)32(37-23-26-14-9-15-27(34)20-26)31(36-19-18-24-10-5-3-6-11-24)29-21-28(16-17-30(29)38-33)35-22-25-12-7-4-8-13-25/h3-17,20-21,31-32,35H,18-19,22-23H2,1-2H3. The SMILES string of the molecule is CC1(C)Oc2ccc(NCc3ccccc3)cc2C(OCCc2ccccc2)C1OCc1cccc(F)c1. The highest BCUT2D eigenvalue weighted by atomic mass is 19.1. The fourth-order valence-corrected chi connectivity index (χ4v) is 4.87. The first kappa shape index (κ1) is 26.0. The van der Waals surface area contributed by atoms with Crippen molar-refractivity contribution in [3.8, 4) is 5.75 Å². The lowest BCUT2D eigenvalue weighted by Crippen LogP contribution is -2.51. The number of fused-ring (bicyclic) bond motifs is 1. The number of anilines is 1. The summed E-state index contributed by atoms with van der Waals surface area (Å²) in [6, 6.07) is 33.2. The summed E-state index contributed by atoms with van der Waals surface area (Å²) < 4.78 is 33.3. The minimum Gasteiger partial charge on any atom is -0.485 e. The molecule has 5 heteroatoms. The molecule has 1 N–H and O–H groups in total. The van der Waals surface area contributed by atoms with E-state index in [1.165, 1.54) is 23.3 Å². The lowest BCUT2D eigenvalue weighted by molar-refractivity contribution is -0.167. The Bertz CT molecular complexity index is 1330. The third-order valence-electron chi connectivity index (χ3n) is 6.84. The maximum Gasteiger partial charge on any atom is 0.132 e. The molecule has 0 saturated heterocycles. The first-order valence-electron chi connectivity index (χ1n) is 13.1. The summed E-state index contributed by atoms with van der Waals surface area (Å²) in [6.45, 7) is 5.54. The Morgan fingerprint density at radius 3 is 2.24 bits per heavy atom. The number of halogens is 1. The number of rotatable bonds is 10. The molecule has 0 spiro atoms.